The molecule has 2 heterocycles. The summed E-state index contributed by atoms with van der Waals surface area (Å²) >= 11 is 0. The smallest absolute Gasteiger partial charge is 0.268 e. The highest BCUT2D eigenvalue weighted by atomic mass is 16.2. The molecule has 4 rings (SSSR count). The number of rotatable bonds is 10. The van der Waals surface area contributed by atoms with E-state index in [4.69, 9.17) is 0 Å². The van der Waals surface area contributed by atoms with E-state index in [-0.39, 0.29) is 11.8 Å². The predicted octanol–water partition coefficient (Wildman–Crippen LogP) is 3.89. The number of hydrogen-bond donors (Lipinski definition) is 3. The number of aromatic amines is 1. The summed E-state index contributed by atoms with van der Waals surface area (Å²) in [5, 5.41) is 6.99. The van der Waals surface area contributed by atoms with Crippen molar-refractivity contribution in [3.05, 3.63) is 71.9 Å². The van der Waals surface area contributed by atoms with Crippen molar-refractivity contribution in [2.45, 2.75) is 44.6 Å². The molecule has 1 fully saturated rings. The van der Waals surface area contributed by atoms with E-state index in [1.807, 2.05) is 48.5 Å². The molecule has 0 bridgehead atoms. The van der Waals surface area contributed by atoms with Crippen molar-refractivity contribution in [3.63, 3.8) is 0 Å². The number of likely N-dealkylation sites (tertiary alicyclic amines) is 1. The molecule has 3 N–H and O–H groups in total. The third kappa shape index (κ3) is 6.68. The van der Waals surface area contributed by atoms with Crippen LogP contribution in [-0.4, -0.2) is 53.9 Å². The molecule has 1 aliphatic heterocycles. The van der Waals surface area contributed by atoms with E-state index in [0.717, 1.165) is 43.4 Å². The summed E-state index contributed by atoms with van der Waals surface area (Å²) in [6.45, 7) is 3.79. The Morgan fingerprint density at radius 3 is 2.52 bits per heavy atom. The summed E-state index contributed by atoms with van der Waals surface area (Å²) < 4.78 is 0. The van der Waals surface area contributed by atoms with Crippen LogP contribution in [0.1, 0.15) is 48.2 Å². The summed E-state index contributed by atoms with van der Waals surface area (Å²) in [6.07, 6.45) is 6.08. The standard InChI is InChI=1S/C27H34N4O2/c32-26(28-16-15-21-10-3-1-4-11-21)24(14-9-19-31-17-7-2-8-18-31)30-27(33)25-20-22-12-5-6-13-23(22)29-25/h1,3-6,10-13,20,24,29H,2,7-9,14-19H2,(H,28,32)(H,30,33)/t24-/m0/s1. The van der Waals surface area contributed by atoms with E-state index >= 15 is 0 Å². The molecule has 1 aromatic heterocycles. The molecule has 0 aliphatic carbocycles. The van der Waals surface area contributed by atoms with Gasteiger partial charge in [0.15, 0.2) is 0 Å². The molecule has 1 atom stereocenters. The van der Waals surface area contributed by atoms with Crippen LogP contribution in [0, 0.1) is 0 Å². The number of H-pyrrole nitrogens is 1. The Labute approximate surface area is 195 Å². The van der Waals surface area contributed by atoms with Crippen LogP contribution in [0.15, 0.2) is 60.7 Å². The number of carbonyl (C=O) groups is 2. The summed E-state index contributed by atoms with van der Waals surface area (Å²) in [5.74, 6) is -0.360. The lowest BCUT2D eigenvalue weighted by Gasteiger charge is -2.27. The van der Waals surface area contributed by atoms with Gasteiger partial charge in [-0.25, -0.2) is 0 Å². The molecule has 33 heavy (non-hydrogen) atoms. The second kappa shape index (κ2) is 11.7. The number of piperidine rings is 1. The number of aromatic nitrogens is 1. The first kappa shape index (κ1) is 23.1. The van der Waals surface area contributed by atoms with Crippen LogP contribution in [0.3, 0.4) is 0 Å². The molecule has 0 spiro atoms. The second-order valence-corrected chi connectivity index (χ2v) is 8.87. The Kier molecular flexibility index (Phi) is 8.14. The van der Waals surface area contributed by atoms with Crippen molar-refractivity contribution in [1.29, 1.82) is 0 Å². The molecule has 1 saturated heterocycles. The maximum atomic E-state index is 13.0. The van der Waals surface area contributed by atoms with Crippen molar-refractivity contribution in [1.82, 2.24) is 20.5 Å². The number of carbonyl (C=O) groups excluding carboxylic acids is 2. The quantitative estimate of drug-likeness (QED) is 0.442. The lowest BCUT2D eigenvalue weighted by molar-refractivity contribution is -0.123. The average molecular weight is 447 g/mol. The summed E-state index contributed by atoms with van der Waals surface area (Å²) in [6, 6.07) is 19.2. The van der Waals surface area contributed by atoms with E-state index in [1.54, 1.807) is 0 Å². The summed E-state index contributed by atoms with van der Waals surface area (Å²) in [4.78, 5) is 31.6. The zero-order chi connectivity index (χ0) is 22.9. The minimum absolute atomic E-state index is 0.117. The normalized spacial score (nSPS) is 15.3. The van der Waals surface area contributed by atoms with Gasteiger partial charge in [-0.3, -0.25) is 9.59 Å². The van der Waals surface area contributed by atoms with Crippen molar-refractivity contribution < 1.29 is 9.59 Å². The number of nitrogens with one attached hydrogen (secondary N) is 3. The minimum atomic E-state index is -0.551. The molecule has 6 nitrogen and oxygen atoms in total. The SMILES string of the molecule is O=C(N[C@@H](CCCN1CCCCC1)C(=O)NCCc1ccccc1)c1cc2ccccc2[nH]1. The van der Waals surface area contributed by atoms with Crippen LogP contribution in [-0.2, 0) is 11.2 Å². The highest BCUT2D eigenvalue weighted by Crippen LogP contribution is 2.15. The topological polar surface area (TPSA) is 77.2 Å². The van der Waals surface area contributed by atoms with Crippen LogP contribution in [0.25, 0.3) is 10.9 Å². The molecule has 2 aromatic carbocycles. The van der Waals surface area contributed by atoms with Crippen molar-refractivity contribution in [3.8, 4) is 0 Å². The van der Waals surface area contributed by atoms with Gasteiger partial charge in [-0.2, -0.15) is 0 Å². The summed E-state index contributed by atoms with van der Waals surface area (Å²) in [7, 11) is 0. The van der Waals surface area contributed by atoms with Crippen molar-refractivity contribution >= 4 is 22.7 Å². The lowest BCUT2D eigenvalue weighted by atomic mass is 10.1. The molecular weight excluding hydrogens is 412 g/mol. The fourth-order valence-electron chi connectivity index (χ4n) is 4.50. The van der Waals surface area contributed by atoms with Gasteiger partial charge in [-0.1, -0.05) is 55.0 Å². The molecular formula is C27H34N4O2. The zero-order valence-corrected chi connectivity index (χ0v) is 19.2. The van der Waals surface area contributed by atoms with Crippen molar-refractivity contribution in [2.75, 3.05) is 26.2 Å². The highest BCUT2D eigenvalue weighted by molar-refractivity contribution is 6.00. The number of nitrogens with zero attached hydrogens (tertiary/aromatic N) is 1. The van der Waals surface area contributed by atoms with Crippen molar-refractivity contribution in [2.24, 2.45) is 0 Å². The second-order valence-electron chi connectivity index (χ2n) is 8.87. The number of fused-ring (bicyclic) bond motifs is 1. The third-order valence-corrected chi connectivity index (χ3v) is 6.37. The fourth-order valence-corrected chi connectivity index (χ4v) is 4.50. The molecule has 1 aliphatic rings. The van der Waals surface area contributed by atoms with Gasteiger partial charge in [0, 0.05) is 17.4 Å². The van der Waals surface area contributed by atoms with Gasteiger partial charge in [0.2, 0.25) is 5.91 Å². The van der Waals surface area contributed by atoms with Gasteiger partial charge < -0.3 is 20.5 Å². The van der Waals surface area contributed by atoms with E-state index in [0.29, 0.717) is 18.7 Å². The van der Waals surface area contributed by atoms with Crippen LogP contribution in [0.2, 0.25) is 0 Å². The molecule has 6 heteroatoms. The van der Waals surface area contributed by atoms with E-state index in [2.05, 4.69) is 32.7 Å². The van der Waals surface area contributed by atoms with Crippen LogP contribution >= 0.6 is 0 Å². The van der Waals surface area contributed by atoms with Gasteiger partial charge in [-0.05, 0) is 69.4 Å². The van der Waals surface area contributed by atoms with Gasteiger partial charge in [0.25, 0.3) is 5.91 Å². The van der Waals surface area contributed by atoms with Gasteiger partial charge in [0.1, 0.15) is 11.7 Å². The molecule has 0 saturated carbocycles. The van der Waals surface area contributed by atoms with E-state index in [1.165, 1.54) is 24.8 Å². The molecule has 174 valence electrons. The lowest BCUT2D eigenvalue weighted by Crippen LogP contribution is -2.47. The number of hydrogen-bond acceptors (Lipinski definition) is 3. The van der Waals surface area contributed by atoms with E-state index in [9.17, 15) is 9.59 Å². The highest BCUT2D eigenvalue weighted by Gasteiger charge is 2.22. The summed E-state index contributed by atoms with van der Waals surface area (Å²) in [5.41, 5.74) is 2.58. The van der Waals surface area contributed by atoms with Gasteiger partial charge >= 0.3 is 0 Å². The fraction of sp³-hybridized carbons (Fsp3) is 0.407. The predicted molar refractivity (Wildman–Crippen MR) is 132 cm³/mol. The molecule has 0 unspecified atom stereocenters. The third-order valence-electron chi connectivity index (χ3n) is 6.37. The minimum Gasteiger partial charge on any atom is -0.354 e. The largest absolute Gasteiger partial charge is 0.354 e. The zero-order valence-electron chi connectivity index (χ0n) is 19.2. The van der Waals surface area contributed by atoms with Crippen LogP contribution in [0.5, 0.6) is 0 Å². The Morgan fingerprint density at radius 1 is 0.970 bits per heavy atom. The molecule has 0 radical (unpaired) electrons. The number of benzene rings is 2. The maximum Gasteiger partial charge on any atom is 0.268 e. The van der Waals surface area contributed by atoms with Crippen LogP contribution < -0.4 is 10.6 Å². The maximum absolute atomic E-state index is 13.0. The van der Waals surface area contributed by atoms with Gasteiger partial charge in [-0.15, -0.1) is 0 Å². The Morgan fingerprint density at radius 2 is 1.73 bits per heavy atom. The van der Waals surface area contributed by atoms with E-state index < -0.39 is 6.04 Å². The first-order valence-corrected chi connectivity index (χ1v) is 12.1. The Balaban J connectivity index is 1.35. The average Bonchev–Trinajstić information content (AvgIpc) is 3.29. The first-order valence-electron chi connectivity index (χ1n) is 12.1. The van der Waals surface area contributed by atoms with Gasteiger partial charge in [0.05, 0.1) is 0 Å². The molecule has 3 aromatic rings. The Hall–Kier alpha value is -3.12. The number of para-hydroxylation sites is 1. The molecule has 2 amide bonds. The number of amides is 2. The Bertz CT molecular complexity index is 1010. The van der Waals surface area contributed by atoms with Crippen LogP contribution in [0.4, 0.5) is 0 Å². The monoisotopic (exact) mass is 446 g/mol. The first-order chi connectivity index (χ1) is 16.2.